The second-order valence-electron chi connectivity index (χ2n) is 3.35. The maximum absolute atomic E-state index is 5.55. The highest BCUT2D eigenvalue weighted by molar-refractivity contribution is 7.13. The fourth-order valence-corrected chi connectivity index (χ4v) is 2.08. The molecule has 5 heteroatoms. The van der Waals surface area contributed by atoms with Crippen molar-refractivity contribution in [1.29, 1.82) is 0 Å². The van der Waals surface area contributed by atoms with Crippen molar-refractivity contribution in [3.05, 3.63) is 35.8 Å². The normalized spacial score (nSPS) is 10.3. The first kappa shape index (κ1) is 11.0. The van der Waals surface area contributed by atoms with Gasteiger partial charge >= 0.3 is 0 Å². The number of hydrogen-bond donors (Lipinski definition) is 1. The monoisotopic (exact) mass is 234 g/mol. The molecule has 0 bridgehead atoms. The summed E-state index contributed by atoms with van der Waals surface area (Å²) in [5.41, 5.74) is 8.42. The van der Waals surface area contributed by atoms with Crippen molar-refractivity contribution >= 4 is 22.2 Å². The van der Waals surface area contributed by atoms with Gasteiger partial charge in [0.25, 0.3) is 0 Å². The van der Waals surface area contributed by atoms with Gasteiger partial charge in [0, 0.05) is 12.2 Å². The number of rotatable bonds is 5. The molecule has 16 heavy (non-hydrogen) atoms. The Hall–Kier alpha value is -1.46. The Balaban J connectivity index is 2.21. The molecule has 0 saturated heterocycles. The van der Waals surface area contributed by atoms with E-state index in [9.17, 15) is 0 Å². The van der Waals surface area contributed by atoms with Crippen LogP contribution in [0.15, 0.2) is 35.8 Å². The van der Waals surface area contributed by atoms with E-state index in [4.69, 9.17) is 5.73 Å². The number of anilines is 2. The summed E-state index contributed by atoms with van der Waals surface area (Å²) in [4.78, 5) is 2.14. The van der Waals surface area contributed by atoms with Crippen molar-refractivity contribution in [2.24, 2.45) is 5.73 Å². The first-order valence-electron chi connectivity index (χ1n) is 5.20. The molecule has 1 aromatic heterocycles. The van der Waals surface area contributed by atoms with Gasteiger partial charge in [-0.05, 0) is 25.1 Å². The average molecular weight is 234 g/mol. The summed E-state index contributed by atoms with van der Waals surface area (Å²) in [6.07, 6.45) is 0.939. The summed E-state index contributed by atoms with van der Waals surface area (Å²) in [6, 6.07) is 10.2. The van der Waals surface area contributed by atoms with Crippen LogP contribution >= 0.6 is 11.3 Å². The molecule has 1 aromatic carbocycles. The number of nitrogens with two attached hydrogens (primary N) is 1. The molecule has 0 fully saturated rings. The predicted molar refractivity (Wildman–Crippen MR) is 67.0 cm³/mol. The van der Waals surface area contributed by atoms with Crippen LogP contribution < -0.4 is 10.6 Å². The maximum Gasteiger partial charge on any atom is 0.212 e. The van der Waals surface area contributed by atoms with E-state index in [1.165, 1.54) is 11.3 Å². The molecule has 4 nitrogen and oxygen atoms in total. The van der Waals surface area contributed by atoms with Gasteiger partial charge in [-0.3, -0.25) is 0 Å². The molecule has 0 aliphatic carbocycles. The highest BCUT2D eigenvalue weighted by Gasteiger charge is 2.10. The molecule has 0 unspecified atom stereocenters. The van der Waals surface area contributed by atoms with Crippen LogP contribution in [-0.2, 0) is 0 Å². The van der Waals surface area contributed by atoms with Crippen LogP contribution in [0.2, 0.25) is 0 Å². The SMILES string of the molecule is NCCCN(c1ccccc1)c1nncs1. The molecule has 0 atom stereocenters. The van der Waals surface area contributed by atoms with Gasteiger partial charge in [0.05, 0.1) is 0 Å². The summed E-state index contributed by atoms with van der Waals surface area (Å²) >= 11 is 1.54. The van der Waals surface area contributed by atoms with Gasteiger partial charge in [-0.15, -0.1) is 10.2 Å². The number of nitrogens with zero attached hydrogens (tertiary/aromatic N) is 3. The topological polar surface area (TPSA) is 55.0 Å². The fraction of sp³-hybridized carbons (Fsp3) is 0.273. The van der Waals surface area contributed by atoms with Crippen LogP contribution in [-0.4, -0.2) is 23.3 Å². The third-order valence-electron chi connectivity index (χ3n) is 2.23. The number of para-hydroxylation sites is 1. The molecule has 0 aliphatic heterocycles. The van der Waals surface area contributed by atoms with E-state index in [0.29, 0.717) is 6.54 Å². The third-order valence-corrected chi connectivity index (χ3v) is 2.95. The first-order valence-corrected chi connectivity index (χ1v) is 6.08. The van der Waals surface area contributed by atoms with Gasteiger partial charge in [-0.25, -0.2) is 0 Å². The molecule has 0 saturated carbocycles. The van der Waals surface area contributed by atoms with E-state index in [-0.39, 0.29) is 0 Å². The summed E-state index contributed by atoms with van der Waals surface area (Å²) in [5, 5.41) is 8.89. The van der Waals surface area contributed by atoms with Gasteiger partial charge in [0.2, 0.25) is 5.13 Å². The highest BCUT2D eigenvalue weighted by atomic mass is 32.1. The number of hydrogen-bond acceptors (Lipinski definition) is 5. The largest absolute Gasteiger partial charge is 0.330 e. The summed E-state index contributed by atoms with van der Waals surface area (Å²) in [5.74, 6) is 0. The third kappa shape index (κ3) is 2.56. The van der Waals surface area contributed by atoms with Crippen LogP contribution in [0.4, 0.5) is 10.8 Å². The summed E-state index contributed by atoms with van der Waals surface area (Å²) < 4.78 is 0. The highest BCUT2D eigenvalue weighted by Crippen LogP contribution is 2.25. The second-order valence-corrected chi connectivity index (χ2v) is 4.16. The van der Waals surface area contributed by atoms with Crippen LogP contribution in [0.1, 0.15) is 6.42 Å². The van der Waals surface area contributed by atoms with Gasteiger partial charge in [0.1, 0.15) is 5.51 Å². The Bertz CT molecular complexity index is 401. The van der Waals surface area contributed by atoms with E-state index in [2.05, 4.69) is 27.2 Å². The van der Waals surface area contributed by atoms with E-state index < -0.39 is 0 Å². The Morgan fingerprint density at radius 1 is 1.25 bits per heavy atom. The quantitative estimate of drug-likeness (QED) is 0.860. The first-order chi connectivity index (χ1) is 7.92. The van der Waals surface area contributed by atoms with Crippen molar-refractivity contribution in [1.82, 2.24) is 10.2 Å². The van der Waals surface area contributed by atoms with Gasteiger partial charge < -0.3 is 10.6 Å². The van der Waals surface area contributed by atoms with Gasteiger partial charge in [-0.1, -0.05) is 29.5 Å². The minimum Gasteiger partial charge on any atom is -0.330 e. The van der Waals surface area contributed by atoms with Gasteiger partial charge in [0.15, 0.2) is 0 Å². The van der Waals surface area contributed by atoms with Crippen LogP contribution in [0.3, 0.4) is 0 Å². The lowest BCUT2D eigenvalue weighted by molar-refractivity contribution is 0.811. The Kier molecular flexibility index (Phi) is 3.85. The molecule has 84 valence electrons. The zero-order chi connectivity index (χ0) is 11.2. The smallest absolute Gasteiger partial charge is 0.212 e. The number of benzene rings is 1. The van der Waals surface area contributed by atoms with E-state index in [0.717, 1.165) is 23.8 Å². The second kappa shape index (κ2) is 5.58. The van der Waals surface area contributed by atoms with E-state index in [1.807, 2.05) is 18.2 Å². The standard InChI is InChI=1S/C11H14N4S/c12-7-4-8-15(11-14-13-9-16-11)10-5-2-1-3-6-10/h1-3,5-6,9H,4,7-8,12H2. The lowest BCUT2D eigenvalue weighted by Gasteiger charge is -2.20. The molecular weight excluding hydrogens is 220 g/mol. The van der Waals surface area contributed by atoms with Crippen molar-refractivity contribution in [3.63, 3.8) is 0 Å². The van der Waals surface area contributed by atoms with Crippen LogP contribution in [0, 0.1) is 0 Å². The lowest BCUT2D eigenvalue weighted by atomic mass is 10.3. The average Bonchev–Trinajstić information content (AvgIpc) is 2.85. The van der Waals surface area contributed by atoms with E-state index in [1.54, 1.807) is 5.51 Å². The molecule has 2 N–H and O–H groups in total. The number of aromatic nitrogens is 2. The zero-order valence-corrected chi connectivity index (χ0v) is 9.73. The van der Waals surface area contributed by atoms with E-state index >= 15 is 0 Å². The van der Waals surface area contributed by atoms with Crippen LogP contribution in [0.5, 0.6) is 0 Å². The Labute approximate surface area is 98.7 Å². The van der Waals surface area contributed by atoms with Gasteiger partial charge in [-0.2, -0.15) is 0 Å². The molecule has 0 aliphatic rings. The fourth-order valence-electron chi connectivity index (χ4n) is 1.48. The lowest BCUT2D eigenvalue weighted by Crippen LogP contribution is -2.20. The minimum atomic E-state index is 0.683. The van der Waals surface area contributed by atoms with Crippen molar-refractivity contribution in [2.75, 3.05) is 18.0 Å². The van der Waals surface area contributed by atoms with Crippen molar-refractivity contribution in [2.45, 2.75) is 6.42 Å². The molecule has 0 radical (unpaired) electrons. The molecule has 0 amide bonds. The molecule has 2 aromatic rings. The Morgan fingerprint density at radius 2 is 2.06 bits per heavy atom. The maximum atomic E-state index is 5.55. The Morgan fingerprint density at radius 3 is 2.69 bits per heavy atom. The zero-order valence-electron chi connectivity index (χ0n) is 8.91. The van der Waals surface area contributed by atoms with Crippen molar-refractivity contribution in [3.8, 4) is 0 Å². The summed E-state index contributed by atoms with van der Waals surface area (Å²) in [7, 11) is 0. The van der Waals surface area contributed by atoms with Crippen LogP contribution in [0.25, 0.3) is 0 Å². The minimum absolute atomic E-state index is 0.683. The molecular formula is C11H14N4S. The molecule has 2 rings (SSSR count). The van der Waals surface area contributed by atoms with Crippen molar-refractivity contribution < 1.29 is 0 Å². The molecule has 1 heterocycles. The predicted octanol–water partition coefficient (Wildman–Crippen LogP) is 2.03. The summed E-state index contributed by atoms with van der Waals surface area (Å²) in [6.45, 7) is 1.55. The molecule has 0 spiro atoms.